The van der Waals surface area contributed by atoms with Gasteiger partial charge in [0.1, 0.15) is 5.75 Å². The van der Waals surface area contributed by atoms with Crippen molar-refractivity contribution in [1.82, 2.24) is 9.97 Å². The van der Waals surface area contributed by atoms with Crippen LogP contribution in [0.15, 0.2) is 30.6 Å². The molecule has 1 aliphatic carbocycles. The van der Waals surface area contributed by atoms with E-state index < -0.39 is 0 Å². The molecule has 0 aliphatic heterocycles. The second-order valence-electron chi connectivity index (χ2n) is 4.56. The van der Waals surface area contributed by atoms with E-state index in [1.54, 1.807) is 12.4 Å². The summed E-state index contributed by atoms with van der Waals surface area (Å²) in [6, 6.07) is 5.89. The zero-order chi connectivity index (χ0) is 11.5. The van der Waals surface area contributed by atoms with Crippen molar-refractivity contribution in [2.75, 3.05) is 0 Å². The molecule has 0 radical (unpaired) electrons. The first-order valence-electron chi connectivity index (χ1n) is 6.30. The summed E-state index contributed by atoms with van der Waals surface area (Å²) in [5.74, 6) is 0.926. The Bertz CT molecular complexity index is 501. The van der Waals surface area contributed by atoms with E-state index in [9.17, 15) is 0 Å². The number of ether oxygens (including phenoxy) is 1. The van der Waals surface area contributed by atoms with Gasteiger partial charge in [0.15, 0.2) is 5.65 Å². The minimum Gasteiger partial charge on any atom is -0.490 e. The first kappa shape index (κ1) is 10.5. The second kappa shape index (κ2) is 4.70. The summed E-state index contributed by atoms with van der Waals surface area (Å²) in [5.41, 5.74) is 0.765. The van der Waals surface area contributed by atoms with Gasteiger partial charge in [-0.25, -0.2) is 9.97 Å². The van der Waals surface area contributed by atoms with Crippen LogP contribution in [0, 0.1) is 0 Å². The molecule has 3 heteroatoms. The third kappa shape index (κ3) is 2.23. The van der Waals surface area contributed by atoms with Gasteiger partial charge in [-0.15, -0.1) is 0 Å². The normalized spacial score (nSPS) is 17.2. The Morgan fingerprint density at radius 2 is 1.82 bits per heavy atom. The van der Waals surface area contributed by atoms with Gasteiger partial charge in [0, 0.05) is 12.4 Å². The summed E-state index contributed by atoms with van der Waals surface area (Å²) in [7, 11) is 0. The number of rotatable bonds is 2. The van der Waals surface area contributed by atoms with Crippen LogP contribution in [0.4, 0.5) is 0 Å². The number of nitrogens with zero attached hydrogens (tertiary/aromatic N) is 2. The maximum absolute atomic E-state index is 6.09. The molecular formula is C14H16N2O. The van der Waals surface area contributed by atoms with Crippen LogP contribution in [0.3, 0.4) is 0 Å². The number of fused-ring (bicyclic) bond motifs is 1. The summed E-state index contributed by atoms with van der Waals surface area (Å²) in [6.45, 7) is 0. The standard InChI is InChI=1S/C14H16N2O/c1-2-5-11(6-3-1)17-13-8-10-16-14-12(13)7-4-9-15-14/h4,7-11H,1-3,5-6H2. The predicted octanol–water partition coefficient (Wildman–Crippen LogP) is 3.34. The summed E-state index contributed by atoms with van der Waals surface area (Å²) in [5, 5.41) is 1.01. The van der Waals surface area contributed by atoms with Crippen molar-refractivity contribution >= 4 is 11.0 Å². The van der Waals surface area contributed by atoms with E-state index in [0.717, 1.165) is 16.8 Å². The lowest BCUT2D eigenvalue weighted by Gasteiger charge is -2.23. The Morgan fingerprint density at radius 3 is 2.71 bits per heavy atom. The molecule has 1 saturated carbocycles. The van der Waals surface area contributed by atoms with E-state index in [1.165, 1.54) is 32.1 Å². The Morgan fingerprint density at radius 1 is 1.00 bits per heavy atom. The fourth-order valence-corrected chi connectivity index (χ4v) is 2.42. The van der Waals surface area contributed by atoms with Crippen molar-refractivity contribution < 1.29 is 4.74 Å². The fourth-order valence-electron chi connectivity index (χ4n) is 2.42. The molecule has 0 unspecified atom stereocenters. The molecule has 2 aromatic heterocycles. The highest BCUT2D eigenvalue weighted by atomic mass is 16.5. The number of pyridine rings is 2. The molecule has 17 heavy (non-hydrogen) atoms. The highest BCUT2D eigenvalue weighted by Crippen LogP contribution is 2.27. The highest BCUT2D eigenvalue weighted by molar-refractivity contribution is 5.81. The number of hydrogen-bond acceptors (Lipinski definition) is 3. The summed E-state index contributed by atoms with van der Waals surface area (Å²) >= 11 is 0. The molecular weight excluding hydrogens is 212 g/mol. The van der Waals surface area contributed by atoms with Gasteiger partial charge in [-0.2, -0.15) is 0 Å². The quantitative estimate of drug-likeness (QED) is 0.790. The van der Waals surface area contributed by atoms with Gasteiger partial charge in [-0.05, 0) is 43.9 Å². The van der Waals surface area contributed by atoms with Crippen LogP contribution in [0.1, 0.15) is 32.1 Å². The predicted molar refractivity (Wildman–Crippen MR) is 67.0 cm³/mol. The zero-order valence-corrected chi connectivity index (χ0v) is 9.80. The fraction of sp³-hybridized carbons (Fsp3) is 0.429. The average Bonchev–Trinajstić information content (AvgIpc) is 2.40. The van der Waals surface area contributed by atoms with E-state index >= 15 is 0 Å². The third-order valence-electron chi connectivity index (χ3n) is 3.32. The molecule has 0 bridgehead atoms. The molecule has 2 heterocycles. The molecule has 3 rings (SSSR count). The summed E-state index contributed by atoms with van der Waals surface area (Å²) in [6.07, 6.45) is 10.2. The maximum Gasteiger partial charge on any atom is 0.162 e. The molecule has 0 spiro atoms. The molecule has 3 nitrogen and oxygen atoms in total. The van der Waals surface area contributed by atoms with Gasteiger partial charge in [0.2, 0.25) is 0 Å². The van der Waals surface area contributed by atoms with Crippen LogP contribution in [-0.4, -0.2) is 16.1 Å². The monoisotopic (exact) mass is 228 g/mol. The Kier molecular flexibility index (Phi) is 2.90. The molecule has 88 valence electrons. The van der Waals surface area contributed by atoms with E-state index in [1.807, 2.05) is 18.2 Å². The van der Waals surface area contributed by atoms with Gasteiger partial charge in [0.25, 0.3) is 0 Å². The van der Waals surface area contributed by atoms with Crippen LogP contribution < -0.4 is 4.74 Å². The van der Waals surface area contributed by atoms with Gasteiger partial charge in [0.05, 0.1) is 11.5 Å². The highest BCUT2D eigenvalue weighted by Gasteiger charge is 2.16. The Hall–Kier alpha value is -1.64. The molecule has 1 aliphatic rings. The molecule has 0 aromatic carbocycles. The van der Waals surface area contributed by atoms with E-state index in [2.05, 4.69) is 9.97 Å². The second-order valence-corrected chi connectivity index (χ2v) is 4.56. The van der Waals surface area contributed by atoms with Gasteiger partial charge in [-0.1, -0.05) is 6.42 Å². The summed E-state index contributed by atoms with van der Waals surface area (Å²) in [4.78, 5) is 8.49. The molecule has 0 N–H and O–H groups in total. The topological polar surface area (TPSA) is 35.0 Å². The molecule has 0 saturated heterocycles. The zero-order valence-electron chi connectivity index (χ0n) is 9.80. The van der Waals surface area contributed by atoms with Crippen LogP contribution >= 0.6 is 0 Å². The van der Waals surface area contributed by atoms with Crippen molar-refractivity contribution in [2.45, 2.75) is 38.2 Å². The maximum atomic E-state index is 6.09. The first-order valence-corrected chi connectivity index (χ1v) is 6.30. The van der Waals surface area contributed by atoms with Crippen LogP contribution in [0.5, 0.6) is 5.75 Å². The minimum absolute atomic E-state index is 0.370. The average molecular weight is 228 g/mol. The molecule has 1 fully saturated rings. The third-order valence-corrected chi connectivity index (χ3v) is 3.32. The molecule has 0 amide bonds. The lowest BCUT2D eigenvalue weighted by Crippen LogP contribution is -2.19. The van der Waals surface area contributed by atoms with Crippen molar-refractivity contribution in [3.63, 3.8) is 0 Å². The van der Waals surface area contributed by atoms with Gasteiger partial charge in [-0.3, -0.25) is 0 Å². The van der Waals surface area contributed by atoms with Crippen LogP contribution in [-0.2, 0) is 0 Å². The lowest BCUT2D eigenvalue weighted by atomic mass is 9.98. The molecule has 2 aromatic rings. The Labute approximate surface area is 101 Å². The largest absolute Gasteiger partial charge is 0.490 e. The first-order chi connectivity index (χ1) is 8.43. The van der Waals surface area contributed by atoms with Gasteiger partial charge >= 0.3 is 0 Å². The van der Waals surface area contributed by atoms with Crippen molar-refractivity contribution in [1.29, 1.82) is 0 Å². The number of aromatic nitrogens is 2. The van der Waals surface area contributed by atoms with Gasteiger partial charge < -0.3 is 4.74 Å². The van der Waals surface area contributed by atoms with E-state index in [0.29, 0.717) is 6.10 Å². The van der Waals surface area contributed by atoms with Crippen LogP contribution in [0.2, 0.25) is 0 Å². The van der Waals surface area contributed by atoms with E-state index in [-0.39, 0.29) is 0 Å². The van der Waals surface area contributed by atoms with Crippen molar-refractivity contribution in [3.05, 3.63) is 30.6 Å². The minimum atomic E-state index is 0.370. The Balaban J connectivity index is 1.89. The van der Waals surface area contributed by atoms with E-state index in [4.69, 9.17) is 4.74 Å². The molecule has 0 atom stereocenters. The van der Waals surface area contributed by atoms with Crippen LogP contribution in [0.25, 0.3) is 11.0 Å². The van der Waals surface area contributed by atoms with Crippen molar-refractivity contribution in [2.24, 2.45) is 0 Å². The SMILES string of the molecule is c1cnc2nccc(OC3CCCCC3)c2c1. The lowest BCUT2D eigenvalue weighted by molar-refractivity contribution is 0.157. The number of hydrogen-bond donors (Lipinski definition) is 0. The smallest absolute Gasteiger partial charge is 0.162 e. The summed E-state index contributed by atoms with van der Waals surface area (Å²) < 4.78 is 6.09. The van der Waals surface area contributed by atoms with Crippen molar-refractivity contribution in [3.8, 4) is 5.75 Å².